The number of para-hydroxylation sites is 6. The molecule has 0 bridgehead atoms. The van der Waals surface area contributed by atoms with Gasteiger partial charge in [-0.25, -0.2) is 0 Å². The number of nitrogens with zero attached hydrogens (tertiary/aromatic N) is 3. The summed E-state index contributed by atoms with van der Waals surface area (Å²) in [5.41, 5.74) is 35.3. The normalized spacial score (nSPS) is 13.6. The monoisotopic (exact) mass is 1850 g/mol. The number of hydrogen-bond acceptors (Lipinski definition) is 0. The average Bonchev–Trinajstić information content (AvgIpc) is 1.58. The molecule has 19 rings (SSSR count). The van der Waals surface area contributed by atoms with E-state index in [4.69, 9.17) is 12.3 Å². The molecule has 19 aromatic rings. The lowest BCUT2D eigenvalue weighted by Crippen LogP contribution is -2.24. The highest BCUT2D eigenvalue weighted by Crippen LogP contribution is 2.51. The Morgan fingerprint density at radius 1 is 0.193 bits per heavy atom. The third-order valence-electron chi connectivity index (χ3n) is 27.6. The number of hydrogen-bond donors (Lipinski definition) is 0. The first-order chi connectivity index (χ1) is 69.5. The summed E-state index contributed by atoms with van der Waals surface area (Å²) in [6.07, 6.45) is 0. The third-order valence-corrected chi connectivity index (χ3v) is 27.6. The number of aromatic nitrogens is 3. The lowest BCUT2D eigenvalue weighted by atomic mass is 9.74. The van der Waals surface area contributed by atoms with Crippen LogP contribution in [0.4, 0.5) is 0 Å². The minimum atomic E-state index is -0.392. The quantitative estimate of drug-likeness (QED) is 0.137. The second-order valence-corrected chi connectivity index (χ2v) is 48.9. The van der Waals surface area contributed by atoms with Crippen LogP contribution in [0.15, 0.2) is 352 Å². The van der Waals surface area contributed by atoms with Crippen molar-refractivity contribution in [3.05, 3.63) is 413 Å². The van der Waals surface area contributed by atoms with Gasteiger partial charge in [-0.2, -0.15) is 0 Å². The van der Waals surface area contributed by atoms with Crippen molar-refractivity contribution >= 4 is 65.4 Å². The van der Waals surface area contributed by atoms with Gasteiger partial charge in [0.25, 0.3) is 0 Å². The fourth-order valence-corrected chi connectivity index (χ4v) is 20.5. The van der Waals surface area contributed by atoms with Gasteiger partial charge < -0.3 is 13.7 Å². The van der Waals surface area contributed by atoms with Crippen LogP contribution >= 0.6 is 0 Å². The Morgan fingerprint density at radius 2 is 0.500 bits per heavy atom. The molecule has 0 unspecified atom stereocenters. The van der Waals surface area contributed by atoms with Gasteiger partial charge in [0.15, 0.2) is 0 Å². The van der Waals surface area contributed by atoms with Crippen LogP contribution in [0, 0.1) is 6.92 Å². The van der Waals surface area contributed by atoms with Gasteiger partial charge in [0.2, 0.25) is 0 Å². The first-order valence-corrected chi connectivity index (χ1v) is 50.2. The molecule has 0 saturated carbocycles. The van der Waals surface area contributed by atoms with Crippen LogP contribution in [-0.2, 0) is 54.1 Å². The van der Waals surface area contributed by atoms with Crippen LogP contribution in [0.2, 0.25) is 0 Å². The van der Waals surface area contributed by atoms with Crippen molar-refractivity contribution in [3.63, 3.8) is 0 Å². The zero-order chi connectivity index (χ0) is 109. The molecule has 0 radical (unpaired) electrons. The van der Waals surface area contributed by atoms with Crippen LogP contribution in [0.25, 0.3) is 149 Å². The van der Waals surface area contributed by atoms with E-state index in [0.717, 1.165) is 49.7 Å². The largest absolute Gasteiger partial charge is 0.308 e. The molecule has 0 saturated heterocycles. The second-order valence-electron chi connectivity index (χ2n) is 48.9. The van der Waals surface area contributed by atoms with E-state index in [0.29, 0.717) is 16.7 Å². The van der Waals surface area contributed by atoms with Crippen molar-refractivity contribution in [2.24, 2.45) is 0 Å². The van der Waals surface area contributed by atoms with Crippen molar-refractivity contribution in [1.29, 1.82) is 0 Å². The molecule has 3 aromatic heterocycles. The first-order valence-electron chi connectivity index (χ1n) is 54.7. The molecular weight excluding hydrogens is 1690 g/mol. The molecule has 0 fully saturated rings. The van der Waals surface area contributed by atoms with Crippen molar-refractivity contribution in [2.75, 3.05) is 0 Å². The molecule has 0 N–H and O–H groups in total. The molecule has 140 heavy (non-hydrogen) atoms. The maximum atomic E-state index is 8.90. The smallest absolute Gasteiger partial charge is 0.0632 e. The topological polar surface area (TPSA) is 14.8 Å². The summed E-state index contributed by atoms with van der Waals surface area (Å²) in [5.74, 6) is 0. The van der Waals surface area contributed by atoms with Gasteiger partial charge in [0, 0.05) is 49.0 Å². The van der Waals surface area contributed by atoms with Gasteiger partial charge in [-0.1, -0.05) is 529 Å². The predicted octanol–water partition coefficient (Wildman–Crippen LogP) is 39.3. The van der Waals surface area contributed by atoms with Gasteiger partial charge in [-0.3, -0.25) is 0 Å². The molecule has 0 aliphatic rings. The predicted molar refractivity (Wildman–Crippen MR) is 613 cm³/mol. The molecule has 714 valence electrons. The van der Waals surface area contributed by atoms with Crippen LogP contribution in [0.5, 0.6) is 0 Å². The van der Waals surface area contributed by atoms with E-state index in [1.54, 1.807) is 6.92 Å². The minimum absolute atomic E-state index is 0.00139. The second kappa shape index (κ2) is 37.8. The molecule has 0 aliphatic carbocycles. The summed E-state index contributed by atoms with van der Waals surface area (Å²) >= 11 is 0. The maximum absolute atomic E-state index is 8.90. The Morgan fingerprint density at radius 3 is 0.850 bits per heavy atom. The lowest BCUT2D eigenvalue weighted by Gasteiger charge is -2.33. The van der Waals surface area contributed by atoms with Crippen molar-refractivity contribution < 1.29 is 12.3 Å². The molecule has 0 spiro atoms. The molecule has 0 amide bonds. The Labute approximate surface area is 851 Å². The molecule has 0 atom stereocenters. The number of rotatable bonds is 9. The van der Waals surface area contributed by atoms with Gasteiger partial charge in [0.1, 0.15) is 0 Å². The van der Waals surface area contributed by atoms with E-state index in [1.165, 1.54) is 138 Å². The van der Waals surface area contributed by atoms with Gasteiger partial charge in [-0.15, -0.1) is 0 Å². The standard InChI is InChI=1S/2C42H45N.C32H33N.C21H28/c2*1-40(2,3)30-25-29(26-31(27-30)41(4,5)6)32-20-16-24-37(38(32)42(7,8)9)43-36-23-14-13-19-34(36)35-22-15-21-33(39(35)43)28-17-11-10-12-18-28;1-31(2,3)26-19-13-21-28(29(26)32(4,5)6)33-27-20-11-10-16-24(27)25-18-12-17-23(30(25)33)22-14-8-7-9-15-22;1-15-9-8-10-16(13-15)18-14-17(20(2,3)4)11-12-19(18)21(5,6)7/h2*10-27H,1-9H3;7-21H,1-6H3;8-14H,1-7H3/i10D,11D,12D,17D,18D;;;8D,9D,10D,13D. The molecule has 16 aromatic carbocycles. The van der Waals surface area contributed by atoms with E-state index >= 15 is 0 Å². The Bertz CT molecular complexity index is 8250. The SMILES string of the molecule is CC(C)(C)c1cc(-c2cccc(-n3c4ccccc4c4cccc(-c5ccccc5)c43)c2C(C)(C)C)cc(C(C)(C)C)c1.CC(C)(C)c1cccc(-n2c3ccccc3c3cccc(-c4ccccc4)c32)c1C(C)(C)C.[2H]c1c([2H])c(C)c([2H])c(-c2cc(C(C)(C)C)ccc2C(C)(C)C)c1[2H].[2H]c1c([2H])c([2H])c(-c2cccc3c4ccccc4n(-c4cccc(-c5cc(C(C)(C)C)cc(C(C)(C)C)c5)c4C(C)(C)C)c23)c([2H])c1[2H]. The number of fused-ring (bicyclic) bond motifs is 9. The average molecular weight is 1850 g/mol. The summed E-state index contributed by atoms with van der Waals surface area (Å²) in [6.45, 7) is 69.8. The summed E-state index contributed by atoms with van der Waals surface area (Å²) in [5, 5.41) is 7.16. The van der Waals surface area contributed by atoms with Crippen LogP contribution in [0.3, 0.4) is 0 Å². The number of benzene rings is 16. The van der Waals surface area contributed by atoms with Crippen molar-refractivity contribution in [2.45, 2.75) is 269 Å². The summed E-state index contributed by atoms with van der Waals surface area (Å²) in [4.78, 5) is 0. The van der Waals surface area contributed by atoms with Crippen molar-refractivity contribution in [1.82, 2.24) is 13.7 Å². The van der Waals surface area contributed by atoms with Gasteiger partial charge >= 0.3 is 0 Å². The summed E-state index contributed by atoms with van der Waals surface area (Å²) < 4.78 is 83.3. The third kappa shape index (κ3) is 20.4. The fourth-order valence-electron chi connectivity index (χ4n) is 20.5. The first kappa shape index (κ1) is 88.4. The highest BCUT2D eigenvalue weighted by Gasteiger charge is 2.35. The van der Waals surface area contributed by atoms with Gasteiger partial charge in [0.05, 0.1) is 62.5 Å². The van der Waals surface area contributed by atoms with Crippen LogP contribution < -0.4 is 0 Å². The van der Waals surface area contributed by atoms with E-state index in [-0.39, 0.29) is 108 Å². The lowest BCUT2D eigenvalue weighted by molar-refractivity contribution is 0.528. The molecule has 3 heteroatoms. The Hall–Kier alpha value is -13.1. The zero-order valence-corrected chi connectivity index (χ0v) is 89.1. The molecule has 0 aliphatic heterocycles. The Balaban J connectivity index is 0.000000145. The molecule has 3 heterocycles. The van der Waals surface area contributed by atoms with E-state index < -0.39 is 6.04 Å². The van der Waals surface area contributed by atoms with E-state index in [1.807, 2.05) is 24.3 Å². The highest BCUT2D eigenvalue weighted by atomic mass is 15.0. The van der Waals surface area contributed by atoms with E-state index in [2.05, 4.69) is 494 Å². The summed E-state index contributed by atoms with van der Waals surface area (Å²) in [6, 6.07) is 106. The molecule has 3 nitrogen and oxygen atoms in total. The van der Waals surface area contributed by atoms with Crippen LogP contribution in [0.1, 0.15) is 281 Å². The minimum Gasteiger partial charge on any atom is -0.308 e. The zero-order valence-electron chi connectivity index (χ0n) is 98.1. The Kier molecular flexibility index (Phi) is 23.9. The van der Waals surface area contributed by atoms with Gasteiger partial charge in [-0.05, 0) is 203 Å². The molecular formula is C137H151N3. The fraction of sp³-hybridized carbons (Fsp3) is 0.299. The maximum Gasteiger partial charge on any atom is 0.0632 e. The highest BCUT2D eigenvalue weighted by molar-refractivity contribution is 6.17. The van der Waals surface area contributed by atoms with E-state index in [9.17, 15) is 0 Å². The van der Waals surface area contributed by atoms with Crippen LogP contribution in [-0.4, -0.2) is 13.7 Å². The summed E-state index contributed by atoms with van der Waals surface area (Å²) in [7, 11) is 0. The van der Waals surface area contributed by atoms with Crippen molar-refractivity contribution in [3.8, 4) is 83.8 Å².